The molecule has 1 saturated heterocycles. The number of carbonyl (C=O) groups excluding carboxylic acids is 6. The first-order valence-electron chi connectivity index (χ1n) is 22.2. The van der Waals surface area contributed by atoms with E-state index in [1.807, 2.05) is 0 Å². The van der Waals surface area contributed by atoms with Crippen molar-refractivity contribution >= 4 is 36.1 Å². The predicted molar refractivity (Wildman–Crippen MR) is 219 cm³/mol. The Morgan fingerprint density at radius 3 is 1.84 bits per heavy atom. The van der Waals surface area contributed by atoms with Crippen LogP contribution >= 0.6 is 0 Å². The van der Waals surface area contributed by atoms with Gasteiger partial charge in [-0.25, -0.2) is 0 Å². The molecule has 0 saturated carbocycles. The lowest BCUT2D eigenvalue weighted by atomic mass is 9.90. The first kappa shape index (κ1) is 52.3. The maximum absolute atomic E-state index is 13.5. The lowest BCUT2D eigenvalue weighted by molar-refractivity contribution is -0.267. The van der Waals surface area contributed by atoms with Gasteiger partial charge in [-0.05, 0) is 33.1 Å². The molecule has 1 fully saturated rings. The van der Waals surface area contributed by atoms with Gasteiger partial charge in [-0.2, -0.15) is 0 Å². The van der Waals surface area contributed by atoms with Crippen molar-refractivity contribution in [1.29, 1.82) is 0 Å². The molecule has 0 aromatic rings. The molecule has 13 heteroatoms. The van der Waals surface area contributed by atoms with Crippen LogP contribution in [0.2, 0.25) is 0 Å². The Kier molecular flexibility index (Phi) is 30.4. The summed E-state index contributed by atoms with van der Waals surface area (Å²) in [7, 11) is 0. The number of Topliss-reactive ketones (excluding diaryl/α,β-unsaturated/α-hetero) is 1. The number of ether oxygens (including phenoxy) is 3. The van der Waals surface area contributed by atoms with Crippen molar-refractivity contribution < 1.29 is 53.2 Å². The van der Waals surface area contributed by atoms with E-state index in [4.69, 9.17) is 14.2 Å². The van der Waals surface area contributed by atoms with Gasteiger partial charge in [-0.1, -0.05) is 129 Å². The van der Waals surface area contributed by atoms with Gasteiger partial charge < -0.3 is 39.9 Å². The molecule has 329 valence electrons. The van der Waals surface area contributed by atoms with Crippen LogP contribution < -0.4 is 10.6 Å². The zero-order chi connectivity index (χ0) is 42.3. The second kappa shape index (κ2) is 33.1. The highest BCUT2D eigenvalue weighted by Crippen LogP contribution is 2.26. The topological polar surface area (TPSA) is 195 Å². The Bertz CT molecular complexity index is 1120. The molecule has 8 atom stereocenters. The molecule has 2 unspecified atom stereocenters. The van der Waals surface area contributed by atoms with Gasteiger partial charge in [-0.3, -0.25) is 24.0 Å². The summed E-state index contributed by atoms with van der Waals surface area (Å²) in [5, 5.41) is 26.9. The highest BCUT2D eigenvalue weighted by atomic mass is 16.6. The Morgan fingerprint density at radius 2 is 1.32 bits per heavy atom. The number of aldehydes is 1. The number of nitrogens with one attached hydrogen (secondary N) is 2. The van der Waals surface area contributed by atoms with E-state index in [1.165, 1.54) is 85.0 Å². The minimum absolute atomic E-state index is 0.0576. The molecule has 1 aliphatic rings. The first-order chi connectivity index (χ1) is 27.4. The lowest BCUT2D eigenvalue weighted by Crippen LogP contribution is -2.65. The molecule has 57 heavy (non-hydrogen) atoms. The Morgan fingerprint density at radius 1 is 0.789 bits per heavy atom. The molecule has 0 aromatic carbocycles. The minimum Gasteiger partial charge on any atom is -0.463 e. The summed E-state index contributed by atoms with van der Waals surface area (Å²) in [6, 6.07) is -2.17. The summed E-state index contributed by atoms with van der Waals surface area (Å²) in [6.07, 6.45) is 20.8. The van der Waals surface area contributed by atoms with Crippen molar-refractivity contribution in [1.82, 2.24) is 10.6 Å². The molecule has 13 nitrogen and oxygen atoms in total. The second-order valence-electron chi connectivity index (χ2n) is 16.0. The van der Waals surface area contributed by atoms with Crippen LogP contribution in [0.4, 0.5) is 0 Å². The number of unbranched alkanes of at least 4 members (excludes halogenated alkanes) is 20. The molecule has 1 heterocycles. The van der Waals surface area contributed by atoms with E-state index in [1.54, 1.807) is 6.29 Å². The Labute approximate surface area is 342 Å². The molecule has 0 aromatic heterocycles. The fourth-order valence-corrected chi connectivity index (χ4v) is 7.29. The van der Waals surface area contributed by atoms with Gasteiger partial charge in [0.05, 0.1) is 12.5 Å². The number of hydrogen-bond acceptors (Lipinski definition) is 11. The second-order valence-corrected chi connectivity index (χ2v) is 16.0. The molecule has 0 aliphatic carbocycles. The van der Waals surface area contributed by atoms with E-state index < -0.39 is 73.1 Å². The first-order valence-corrected chi connectivity index (χ1v) is 22.2. The lowest BCUT2D eigenvalue weighted by Gasteiger charge is -2.43. The summed E-state index contributed by atoms with van der Waals surface area (Å²) in [6.45, 7) is 5.79. The van der Waals surface area contributed by atoms with Gasteiger partial charge in [0, 0.05) is 25.7 Å². The summed E-state index contributed by atoms with van der Waals surface area (Å²) in [5.74, 6) is -2.27. The number of aliphatic hydroxyl groups is 2. The molecule has 2 amide bonds. The van der Waals surface area contributed by atoms with E-state index in [2.05, 4.69) is 17.6 Å². The number of rotatable bonds is 36. The number of aliphatic hydroxyl groups excluding tert-OH is 2. The normalized spacial score (nSPS) is 20.9. The summed E-state index contributed by atoms with van der Waals surface area (Å²) < 4.78 is 16.8. The van der Waals surface area contributed by atoms with Crippen molar-refractivity contribution in [3.05, 3.63) is 0 Å². The molecule has 0 spiro atoms. The Balaban J connectivity index is 2.74. The van der Waals surface area contributed by atoms with Crippen molar-refractivity contribution in [2.75, 3.05) is 6.61 Å². The molecule has 4 N–H and O–H groups in total. The van der Waals surface area contributed by atoms with E-state index in [-0.39, 0.29) is 12.2 Å². The standard InChI is InChI=1S/C44H77N2O11/c1-5-6-7-8-9-10-12-16-19-22-25-28-37(50)36(27-24-21-18-15-13-11-14-17-20-23-26-29-47)30-39(51)55-32-38-41(52)42(40(44(54)57-38)46-35(4)49)56-34(3)43(53)45-33(2)31-48/h29,33-34,36,38,40-42,44,52,54H,5-28,30,32H2,1-4H3,(H,45,53)(H,46,49)/t33-,34?,36+,38+,40+,41+,42-,44?/m0/s1. The minimum atomic E-state index is -1.67. The van der Waals surface area contributed by atoms with Crippen LogP contribution in [0, 0.1) is 5.92 Å². The monoisotopic (exact) mass is 810 g/mol. The average molecular weight is 810 g/mol. The van der Waals surface area contributed by atoms with Gasteiger partial charge >= 0.3 is 5.97 Å². The van der Waals surface area contributed by atoms with Crippen molar-refractivity contribution in [3.8, 4) is 0 Å². The number of hydrogen-bond donors (Lipinski definition) is 4. The molecule has 1 aliphatic heterocycles. The van der Waals surface area contributed by atoms with Gasteiger partial charge in [0.25, 0.3) is 0 Å². The van der Waals surface area contributed by atoms with Gasteiger partial charge in [0.2, 0.25) is 18.1 Å². The zero-order valence-electron chi connectivity index (χ0n) is 35.6. The summed E-state index contributed by atoms with van der Waals surface area (Å²) >= 11 is 0. The molecular weight excluding hydrogens is 732 g/mol. The fourth-order valence-electron chi connectivity index (χ4n) is 7.29. The number of carbonyl (C=O) groups is 5. The maximum atomic E-state index is 13.5. The van der Waals surface area contributed by atoms with Gasteiger partial charge in [-0.15, -0.1) is 0 Å². The summed E-state index contributed by atoms with van der Waals surface area (Å²) in [4.78, 5) is 72.4. The van der Waals surface area contributed by atoms with Crippen molar-refractivity contribution in [2.45, 2.75) is 231 Å². The van der Waals surface area contributed by atoms with Gasteiger partial charge in [0.1, 0.15) is 49.1 Å². The predicted octanol–water partition coefficient (Wildman–Crippen LogP) is 6.66. The van der Waals surface area contributed by atoms with E-state index in [0.717, 1.165) is 76.9 Å². The third kappa shape index (κ3) is 24.7. The molecule has 0 bridgehead atoms. The number of amides is 2. The van der Waals surface area contributed by atoms with Crippen LogP contribution in [-0.2, 0) is 43.0 Å². The average Bonchev–Trinajstić information content (AvgIpc) is 3.18. The van der Waals surface area contributed by atoms with Crippen LogP contribution in [-0.4, -0.2) is 95.7 Å². The van der Waals surface area contributed by atoms with Gasteiger partial charge in [0.15, 0.2) is 6.29 Å². The van der Waals surface area contributed by atoms with Crippen LogP contribution in [0.15, 0.2) is 0 Å². The van der Waals surface area contributed by atoms with E-state index in [9.17, 15) is 39.0 Å². The Hall–Kier alpha value is -2.74. The fraction of sp³-hybridized carbons (Fsp3) is 0.864. The highest BCUT2D eigenvalue weighted by Gasteiger charge is 2.47. The number of esters is 1. The summed E-state index contributed by atoms with van der Waals surface area (Å²) in [5.41, 5.74) is 0. The smallest absolute Gasteiger partial charge is 0.306 e. The molecule has 1 radical (unpaired) electrons. The quantitative estimate of drug-likeness (QED) is 0.0301. The van der Waals surface area contributed by atoms with Crippen LogP contribution in [0.25, 0.3) is 0 Å². The third-order valence-corrected chi connectivity index (χ3v) is 10.8. The number of ketones is 1. The molecular formula is C44H77N2O11. The van der Waals surface area contributed by atoms with Crippen LogP contribution in [0.3, 0.4) is 0 Å². The highest BCUT2D eigenvalue weighted by molar-refractivity contribution is 5.85. The van der Waals surface area contributed by atoms with Crippen LogP contribution in [0.1, 0.15) is 188 Å². The SMILES string of the molecule is CCCCCCCCCCCCCC(=O)[C@H](CCCCCCCCCCCCC=O)CC(=O)OC[C@H]1OC(O)[C@H](NC(C)=O)[C@H](OC(C)C(=O)N[C@@H](C)[C]=O)[C@@H]1O. The van der Waals surface area contributed by atoms with Crippen molar-refractivity contribution in [3.63, 3.8) is 0 Å². The maximum Gasteiger partial charge on any atom is 0.306 e. The van der Waals surface area contributed by atoms with Crippen molar-refractivity contribution in [2.24, 2.45) is 5.92 Å². The molecule has 1 rings (SSSR count). The third-order valence-electron chi connectivity index (χ3n) is 10.8. The van der Waals surface area contributed by atoms with Crippen LogP contribution in [0.5, 0.6) is 0 Å². The van der Waals surface area contributed by atoms with E-state index in [0.29, 0.717) is 19.3 Å². The van der Waals surface area contributed by atoms with E-state index >= 15 is 0 Å². The largest absolute Gasteiger partial charge is 0.463 e. The zero-order valence-corrected chi connectivity index (χ0v) is 35.6.